The van der Waals surface area contributed by atoms with E-state index in [2.05, 4.69) is 15.8 Å². The number of carbonyl (C=O) groups excluding carboxylic acids is 2. The first-order valence-corrected chi connectivity index (χ1v) is 9.57. The lowest BCUT2D eigenvalue weighted by molar-refractivity contribution is -0.123. The number of rotatable bonds is 4. The monoisotopic (exact) mass is 357 g/mol. The Balaban J connectivity index is 1.56. The molecule has 0 saturated heterocycles. The molecule has 25 heavy (non-hydrogen) atoms. The number of nitrogens with zero attached hydrogens (tertiary/aromatic N) is 1. The predicted octanol–water partition coefficient (Wildman–Crippen LogP) is 3.85. The standard InChI is InChI=1S/C19H23N3O2S/c1-13-17(25-19(20-13)15-10-6-3-7-11-15)18(24)22-21-16(23)12-14-8-4-2-5-9-14/h3,6-7,10-11,14H,2,4-5,8-9,12H2,1H3,(H,21,23)(H,22,24). The zero-order chi connectivity index (χ0) is 17.6. The number of benzene rings is 1. The molecule has 5 nitrogen and oxygen atoms in total. The third kappa shape index (κ3) is 4.66. The third-order valence-corrected chi connectivity index (χ3v) is 5.74. The summed E-state index contributed by atoms with van der Waals surface area (Å²) < 4.78 is 0. The van der Waals surface area contributed by atoms with Gasteiger partial charge in [-0.1, -0.05) is 49.6 Å². The number of aromatic nitrogens is 1. The van der Waals surface area contributed by atoms with Crippen molar-refractivity contribution in [1.29, 1.82) is 0 Å². The van der Waals surface area contributed by atoms with E-state index in [1.54, 1.807) is 0 Å². The van der Waals surface area contributed by atoms with Crippen molar-refractivity contribution in [2.24, 2.45) is 5.92 Å². The summed E-state index contributed by atoms with van der Waals surface area (Å²) in [6.07, 6.45) is 6.37. The fraction of sp³-hybridized carbons (Fsp3) is 0.421. The van der Waals surface area contributed by atoms with E-state index in [1.165, 1.54) is 30.6 Å². The van der Waals surface area contributed by atoms with E-state index in [0.717, 1.165) is 23.4 Å². The molecule has 0 unspecified atom stereocenters. The van der Waals surface area contributed by atoms with Crippen molar-refractivity contribution in [3.05, 3.63) is 40.9 Å². The number of thiazole rings is 1. The van der Waals surface area contributed by atoms with Gasteiger partial charge in [-0.25, -0.2) is 4.98 Å². The van der Waals surface area contributed by atoms with Crippen molar-refractivity contribution in [2.75, 3.05) is 0 Å². The number of amides is 2. The van der Waals surface area contributed by atoms with E-state index in [9.17, 15) is 9.59 Å². The minimum atomic E-state index is -0.311. The molecule has 1 aliphatic carbocycles. The van der Waals surface area contributed by atoms with Crippen molar-refractivity contribution in [3.63, 3.8) is 0 Å². The van der Waals surface area contributed by atoms with Crippen LogP contribution in [0.2, 0.25) is 0 Å². The highest BCUT2D eigenvalue weighted by molar-refractivity contribution is 7.17. The minimum absolute atomic E-state index is 0.120. The summed E-state index contributed by atoms with van der Waals surface area (Å²) in [5.41, 5.74) is 6.72. The van der Waals surface area contributed by atoms with Gasteiger partial charge in [0.25, 0.3) is 5.91 Å². The van der Waals surface area contributed by atoms with E-state index in [4.69, 9.17) is 0 Å². The fourth-order valence-electron chi connectivity index (χ4n) is 3.20. The lowest BCUT2D eigenvalue weighted by atomic mass is 9.87. The Bertz CT molecular complexity index is 736. The molecule has 0 bridgehead atoms. The van der Waals surface area contributed by atoms with Crippen molar-refractivity contribution >= 4 is 23.2 Å². The Kier molecular flexibility index (Phi) is 5.81. The van der Waals surface area contributed by atoms with E-state index < -0.39 is 0 Å². The first-order chi connectivity index (χ1) is 12.1. The van der Waals surface area contributed by atoms with Gasteiger partial charge in [0.15, 0.2) is 0 Å². The van der Waals surface area contributed by atoms with Gasteiger partial charge in [-0.3, -0.25) is 20.4 Å². The molecule has 1 aromatic heterocycles. The quantitative estimate of drug-likeness (QED) is 0.817. The van der Waals surface area contributed by atoms with Crippen LogP contribution < -0.4 is 10.9 Å². The Morgan fingerprint density at radius 3 is 2.56 bits per heavy atom. The van der Waals surface area contributed by atoms with Crippen LogP contribution in [0.3, 0.4) is 0 Å². The summed E-state index contributed by atoms with van der Waals surface area (Å²) in [5, 5.41) is 0.803. The molecule has 132 valence electrons. The number of nitrogens with one attached hydrogen (secondary N) is 2. The minimum Gasteiger partial charge on any atom is -0.273 e. The van der Waals surface area contributed by atoms with E-state index >= 15 is 0 Å². The number of hydrogen-bond donors (Lipinski definition) is 2. The van der Waals surface area contributed by atoms with E-state index in [1.807, 2.05) is 37.3 Å². The van der Waals surface area contributed by atoms with Crippen molar-refractivity contribution in [2.45, 2.75) is 45.4 Å². The highest BCUT2D eigenvalue weighted by Crippen LogP contribution is 2.28. The molecule has 3 rings (SSSR count). The number of hydrazine groups is 1. The average Bonchev–Trinajstić information content (AvgIpc) is 3.03. The second-order valence-electron chi connectivity index (χ2n) is 6.51. The Labute approximate surface area is 151 Å². The molecule has 1 fully saturated rings. The topological polar surface area (TPSA) is 71.1 Å². The molecular weight excluding hydrogens is 334 g/mol. The molecule has 1 aliphatic rings. The number of hydrogen-bond acceptors (Lipinski definition) is 4. The largest absolute Gasteiger partial charge is 0.281 e. The van der Waals surface area contributed by atoms with Crippen LogP contribution in [0.1, 0.15) is 53.9 Å². The molecule has 1 heterocycles. The van der Waals surface area contributed by atoms with Gasteiger partial charge >= 0.3 is 0 Å². The molecule has 0 radical (unpaired) electrons. The van der Waals surface area contributed by atoms with Gasteiger partial charge in [0, 0.05) is 12.0 Å². The molecule has 0 atom stereocenters. The summed E-state index contributed by atoms with van der Waals surface area (Å²) in [7, 11) is 0. The first kappa shape index (κ1) is 17.6. The average molecular weight is 357 g/mol. The van der Waals surface area contributed by atoms with Gasteiger partial charge in [-0.2, -0.15) is 0 Å². The summed E-state index contributed by atoms with van der Waals surface area (Å²) >= 11 is 1.33. The lowest BCUT2D eigenvalue weighted by Crippen LogP contribution is -2.42. The van der Waals surface area contributed by atoms with Gasteiger partial charge in [0.2, 0.25) is 5.91 Å². The highest BCUT2D eigenvalue weighted by Gasteiger charge is 2.19. The zero-order valence-electron chi connectivity index (χ0n) is 14.4. The maximum Gasteiger partial charge on any atom is 0.281 e. The van der Waals surface area contributed by atoms with Gasteiger partial charge in [0.1, 0.15) is 9.88 Å². The molecule has 6 heteroatoms. The first-order valence-electron chi connectivity index (χ1n) is 8.75. The highest BCUT2D eigenvalue weighted by atomic mass is 32.1. The van der Waals surface area contributed by atoms with Crippen LogP contribution in [0.5, 0.6) is 0 Å². The van der Waals surface area contributed by atoms with Crippen LogP contribution in [-0.4, -0.2) is 16.8 Å². The smallest absolute Gasteiger partial charge is 0.273 e. The normalized spacial score (nSPS) is 14.9. The van der Waals surface area contributed by atoms with E-state index in [-0.39, 0.29) is 11.8 Å². The van der Waals surface area contributed by atoms with Crippen LogP contribution in [-0.2, 0) is 4.79 Å². The summed E-state index contributed by atoms with van der Waals surface area (Å²) in [5.74, 6) is 0.0142. The molecule has 1 saturated carbocycles. The number of aryl methyl sites for hydroxylation is 1. The van der Waals surface area contributed by atoms with Crippen LogP contribution in [0.4, 0.5) is 0 Å². The second kappa shape index (κ2) is 8.25. The molecular formula is C19H23N3O2S. The Hall–Kier alpha value is -2.21. The predicted molar refractivity (Wildman–Crippen MR) is 99.1 cm³/mol. The van der Waals surface area contributed by atoms with Crippen molar-refractivity contribution < 1.29 is 9.59 Å². The van der Waals surface area contributed by atoms with Gasteiger partial charge in [-0.15, -0.1) is 11.3 Å². The maximum absolute atomic E-state index is 12.4. The zero-order valence-corrected chi connectivity index (χ0v) is 15.2. The maximum atomic E-state index is 12.4. The SMILES string of the molecule is Cc1nc(-c2ccccc2)sc1C(=O)NNC(=O)CC1CCCCC1. The molecule has 2 N–H and O–H groups in total. The summed E-state index contributed by atoms with van der Waals surface area (Å²) in [6, 6.07) is 9.76. The fourth-order valence-corrected chi connectivity index (χ4v) is 4.17. The number of carbonyl (C=O) groups is 2. The van der Waals surface area contributed by atoms with Gasteiger partial charge in [-0.05, 0) is 25.7 Å². The van der Waals surface area contributed by atoms with Crippen molar-refractivity contribution in [1.82, 2.24) is 15.8 Å². The molecule has 1 aromatic carbocycles. The molecule has 2 aromatic rings. The lowest BCUT2D eigenvalue weighted by Gasteiger charge is -2.20. The van der Waals surface area contributed by atoms with Gasteiger partial charge < -0.3 is 0 Å². The summed E-state index contributed by atoms with van der Waals surface area (Å²) in [4.78, 5) is 29.4. The second-order valence-corrected chi connectivity index (χ2v) is 7.51. The van der Waals surface area contributed by atoms with Crippen LogP contribution in [0, 0.1) is 12.8 Å². The Morgan fingerprint density at radius 2 is 1.84 bits per heavy atom. The summed E-state index contributed by atoms with van der Waals surface area (Å²) in [6.45, 7) is 1.81. The van der Waals surface area contributed by atoms with Crippen LogP contribution in [0.15, 0.2) is 30.3 Å². The van der Waals surface area contributed by atoms with Crippen LogP contribution >= 0.6 is 11.3 Å². The van der Waals surface area contributed by atoms with Crippen molar-refractivity contribution in [3.8, 4) is 10.6 Å². The molecule has 0 aliphatic heterocycles. The third-order valence-electron chi connectivity index (χ3n) is 4.54. The van der Waals surface area contributed by atoms with E-state index in [0.29, 0.717) is 22.9 Å². The molecule has 0 spiro atoms. The Morgan fingerprint density at radius 1 is 1.12 bits per heavy atom. The van der Waals surface area contributed by atoms with Gasteiger partial charge in [0.05, 0.1) is 5.69 Å². The molecule has 2 amide bonds. The van der Waals surface area contributed by atoms with Crippen LogP contribution in [0.25, 0.3) is 10.6 Å².